The highest BCUT2D eigenvalue weighted by atomic mass is 127. The van der Waals surface area contributed by atoms with E-state index >= 15 is 0 Å². The Labute approximate surface area is 152 Å². The van der Waals surface area contributed by atoms with E-state index < -0.39 is 0 Å². The minimum absolute atomic E-state index is 0. The first-order valence-corrected chi connectivity index (χ1v) is 7.57. The van der Waals surface area contributed by atoms with Gasteiger partial charge in [0, 0.05) is 31.9 Å². The average Bonchev–Trinajstić information content (AvgIpc) is 2.57. The molecule has 1 aliphatic rings. The summed E-state index contributed by atoms with van der Waals surface area (Å²) in [5.74, 6) is 0.881. The zero-order valence-electron chi connectivity index (χ0n) is 12.9. The van der Waals surface area contributed by atoms with Crippen molar-refractivity contribution in [2.45, 2.75) is 19.5 Å². The predicted molar refractivity (Wildman–Crippen MR) is 103 cm³/mol. The number of benzene rings is 1. The largest absolute Gasteiger partial charge is 0.356 e. The molecular formula is C17H21IN4O. The molecule has 0 atom stereocenters. The van der Waals surface area contributed by atoms with Crippen molar-refractivity contribution in [1.82, 2.24) is 15.2 Å². The molecule has 0 spiro atoms. The first-order chi connectivity index (χ1) is 10.8. The molecule has 1 aromatic carbocycles. The van der Waals surface area contributed by atoms with Gasteiger partial charge in [0.2, 0.25) is 0 Å². The highest BCUT2D eigenvalue weighted by Gasteiger charge is 2.03. The number of nitrogens with zero attached hydrogens (tertiary/aromatic N) is 2. The molecular weight excluding hydrogens is 403 g/mol. The summed E-state index contributed by atoms with van der Waals surface area (Å²) >= 11 is 0. The van der Waals surface area contributed by atoms with Crippen LogP contribution in [0.15, 0.2) is 58.4 Å². The van der Waals surface area contributed by atoms with Crippen LogP contribution in [0.4, 0.5) is 0 Å². The Morgan fingerprint density at radius 2 is 1.91 bits per heavy atom. The van der Waals surface area contributed by atoms with E-state index in [1.165, 1.54) is 5.56 Å². The molecule has 0 fully saturated rings. The Morgan fingerprint density at radius 3 is 2.61 bits per heavy atom. The topological polar surface area (TPSA) is 58.4 Å². The van der Waals surface area contributed by atoms with Crippen molar-refractivity contribution in [2.24, 2.45) is 4.99 Å². The lowest BCUT2D eigenvalue weighted by atomic mass is 10.1. The van der Waals surface area contributed by atoms with Gasteiger partial charge >= 0.3 is 0 Å². The maximum absolute atomic E-state index is 11.7. The monoisotopic (exact) mass is 424 g/mol. The molecule has 6 heteroatoms. The number of hydrogen-bond donors (Lipinski definition) is 2. The number of aliphatic imine (C=N–C) groups is 1. The molecule has 1 aliphatic heterocycles. The molecule has 0 saturated heterocycles. The second-order valence-electron chi connectivity index (χ2n) is 5.35. The van der Waals surface area contributed by atoms with Crippen LogP contribution in [0.3, 0.4) is 0 Å². The van der Waals surface area contributed by atoms with Gasteiger partial charge in [0.25, 0.3) is 5.56 Å². The maximum atomic E-state index is 11.7. The number of pyridine rings is 1. The lowest BCUT2D eigenvalue weighted by molar-refractivity contribution is 0.702. The van der Waals surface area contributed by atoms with E-state index in [0.29, 0.717) is 6.54 Å². The van der Waals surface area contributed by atoms with Gasteiger partial charge in [-0.3, -0.25) is 9.79 Å². The summed E-state index contributed by atoms with van der Waals surface area (Å²) in [4.78, 5) is 16.1. The molecule has 0 bridgehead atoms. The first kappa shape index (κ1) is 17.5. The van der Waals surface area contributed by atoms with Crippen molar-refractivity contribution in [1.29, 1.82) is 0 Å². The molecule has 0 radical (unpaired) electrons. The van der Waals surface area contributed by atoms with Crippen molar-refractivity contribution in [2.75, 3.05) is 13.1 Å². The Balaban J connectivity index is 0.00000192. The third kappa shape index (κ3) is 5.09. The first-order valence-electron chi connectivity index (χ1n) is 7.57. The summed E-state index contributed by atoms with van der Waals surface area (Å²) < 4.78 is 1.70. The van der Waals surface area contributed by atoms with Gasteiger partial charge in [0.15, 0.2) is 5.96 Å². The molecule has 23 heavy (non-hydrogen) atoms. The number of aromatic nitrogens is 1. The Morgan fingerprint density at radius 1 is 1.13 bits per heavy atom. The SMILES string of the molecule is I.O=c1ccccn1Cc1ccc(CNC2=NCCCN2)cc1. The smallest absolute Gasteiger partial charge is 0.250 e. The van der Waals surface area contributed by atoms with Crippen LogP contribution in [0.2, 0.25) is 0 Å². The van der Waals surface area contributed by atoms with E-state index in [2.05, 4.69) is 39.9 Å². The van der Waals surface area contributed by atoms with Gasteiger partial charge in [-0.2, -0.15) is 0 Å². The highest BCUT2D eigenvalue weighted by Crippen LogP contribution is 2.05. The molecule has 2 N–H and O–H groups in total. The molecule has 122 valence electrons. The van der Waals surface area contributed by atoms with Crippen LogP contribution >= 0.6 is 24.0 Å². The van der Waals surface area contributed by atoms with Gasteiger partial charge in [0.1, 0.15) is 0 Å². The summed E-state index contributed by atoms with van der Waals surface area (Å²) in [7, 11) is 0. The maximum Gasteiger partial charge on any atom is 0.250 e. The molecule has 3 rings (SSSR count). The molecule has 2 heterocycles. The van der Waals surface area contributed by atoms with Crippen molar-refractivity contribution in [3.8, 4) is 0 Å². The molecule has 0 aliphatic carbocycles. The number of halogens is 1. The number of guanidine groups is 1. The van der Waals surface area contributed by atoms with Gasteiger partial charge in [-0.1, -0.05) is 30.3 Å². The van der Waals surface area contributed by atoms with Gasteiger partial charge in [-0.15, -0.1) is 24.0 Å². The van der Waals surface area contributed by atoms with E-state index in [1.807, 2.05) is 12.3 Å². The fraction of sp³-hybridized carbons (Fsp3) is 0.294. The van der Waals surface area contributed by atoms with Gasteiger partial charge < -0.3 is 15.2 Å². The highest BCUT2D eigenvalue weighted by molar-refractivity contribution is 14.0. The predicted octanol–water partition coefficient (Wildman–Crippen LogP) is 1.95. The van der Waals surface area contributed by atoms with Crippen LogP contribution in [0, 0.1) is 0 Å². The minimum atomic E-state index is 0. The molecule has 2 aromatic rings. The van der Waals surface area contributed by atoms with Gasteiger partial charge in [-0.05, 0) is 23.6 Å². The van der Waals surface area contributed by atoms with Crippen molar-refractivity contribution in [3.63, 3.8) is 0 Å². The molecule has 0 unspecified atom stereocenters. The van der Waals surface area contributed by atoms with Crippen LogP contribution < -0.4 is 16.2 Å². The number of hydrogen-bond acceptors (Lipinski definition) is 4. The minimum Gasteiger partial charge on any atom is -0.356 e. The van der Waals surface area contributed by atoms with Crippen molar-refractivity contribution < 1.29 is 0 Å². The third-order valence-electron chi connectivity index (χ3n) is 3.63. The van der Waals surface area contributed by atoms with E-state index in [9.17, 15) is 4.79 Å². The van der Waals surface area contributed by atoms with Crippen molar-refractivity contribution >= 4 is 29.9 Å². The van der Waals surface area contributed by atoms with Crippen LogP contribution in [-0.2, 0) is 13.1 Å². The van der Waals surface area contributed by atoms with Gasteiger partial charge in [0.05, 0.1) is 6.54 Å². The zero-order chi connectivity index (χ0) is 15.2. The fourth-order valence-corrected chi connectivity index (χ4v) is 2.39. The normalized spacial score (nSPS) is 13.5. The van der Waals surface area contributed by atoms with Crippen molar-refractivity contribution in [3.05, 3.63) is 70.1 Å². The summed E-state index contributed by atoms with van der Waals surface area (Å²) in [5.41, 5.74) is 2.33. The van der Waals surface area contributed by atoms with E-state index in [0.717, 1.165) is 37.6 Å². The van der Waals surface area contributed by atoms with E-state index in [1.54, 1.807) is 16.7 Å². The third-order valence-corrected chi connectivity index (χ3v) is 3.63. The van der Waals surface area contributed by atoms with Crippen LogP contribution in [0.5, 0.6) is 0 Å². The van der Waals surface area contributed by atoms with Crippen LogP contribution in [0.25, 0.3) is 0 Å². The Bertz CT molecular complexity index is 709. The second kappa shape index (κ2) is 8.71. The van der Waals surface area contributed by atoms with E-state index in [4.69, 9.17) is 0 Å². The average molecular weight is 424 g/mol. The fourth-order valence-electron chi connectivity index (χ4n) is 2.39. The molecule has 0 amide bonds. The summed E-state index contributed by atoms with van der Waals surface area (Å²) in [6, 6.07) is 13.5. The summed E-state index contributed by atoms with van der Waals surface area (Å²) in [6.07, 6.45) is 2.91. The van der Waals surface area contributed by atoms with Crippen LogP contribution in [0.1, 0.15) is 17.5 Å². The van der Waals surface area contributed by atoms with Gasteiger partial charge in [-0.25, -0.2) is 0 Å². The lowest BCUT2D eigenvalue weighted by Crippen LogP contribution is -2.40. The molecule has 5 nitrogen and oxygen atoms in total. The van der Waals surface area contributed by atoms with E-state index in [-0.39, 0.29) is 29.5 Å². The summed E-state index contributed by atoms with van der Waals surface area (Å²) in [6.45, 7) is 3.22. The number of nitrogens with one attached hydrogen (secondary N) is 2. The van der Waals surface area contributed by atoms with Crippen LogP contribution in [-0.4, -0.2) is 23.6 Å². The Hall–Kier alpha value is -1.83. The summed E-state index contributed by atoms with van der Waals surface area (Å²) in [5, 5.41) is 6.54. The second-order valence-corrected chi connectivity index (χ2v) is 5.35. The Kier molecular flexibility index (Phi) is 6.64. The zero-order valence-corrected chi connectivity index (χ0v) is 15.2. The number of rotatable bonds is 4. The standard InChI is InChI=1S/C17H20N4O.HI/c22-16-4-1-2-11-21(16)13-15-7-5-14(6-8-15)12-20-17-18-9-3-10-19-17;/h1-2,4-8,11H,3,9-10,12-13H2,(H2,18,19,20);1H. The molecule has 0 saturated carbocycles. The molecule has 1 aromatic heterocycles. The quantitative estimate of drug-likeness (QED) is 0.738. The lowest BCUT2D eigenvalue weighted by Gasteiger charge is -2.16.